The lowest BCUT2D eigenvalue weighted by molar-refractivity contribution is -0.138. The molecule has 4 heteroatoms. The van der Waals surface area contributed by atoms with Crippen molar-refractivity contribution in [1.82, 2.24) is 0 Å². The molecule has 1 unspecified atom stereocenters. The lowest BCUT2D eigenvalue weighted by atomic mass is 9.92. The fourth-order valence-electron chi connectivity index (χ4n) is 1.94. The van der Waals surface area contributed by atoms with E-state index in [-0.39, 0.29) is 0 Å². The van der Waals surface area contributed by atoms with Crippen molar-refractivity contribution in [2.75, 3.05) is 0 Å². The molecule has 0 bridgehead atoms. The fraction of sp³-hybridized carbons (Fsp3) is 0.133. The summed E-state index contributed by atoms with van der Waals surface area (Å²) in [6.07, 6.45) is 0.428. The molecule has 0 fully saturated rings. The summed E-state index contributed by atoms with van der Waals surface area (Å²) in [5.41, 5.74) is 1.71. The number of benzene rings is 2. The molecule has 19 heavy (non-hydrogen) atoms. The first-order valence-electron chi connectivity index (χ1n) is 5.79. The summed E-state index contributed by atoms with van der Waals surface area (Å²) in [5, 5.41) is 10.0. The van der Waals surface area contributed by atoms with Crippen LogP contribution in [0.25, 0.3) is 0 Å². The number of carboxylic acid groups (broad SMARTS) is 1. The molecular weight excluding hydrogens is 328 g/mol. The quantitative estimate of drug-likeness (QED) is 0.889. The van der Waals surface area contributed by atoms with Crippen LogP contribution in [-0.2, 0) is 11.2 Å². The maximum absolute atomic E-state index is 11.4. The Labute approximate surface area is 125 Å². The molecule has 0 radical (unpaired) electrons. The van der Waals surface area contributed by atoms with Crippen LogP contribution in [0.15, 0.2) is 53.0 Å². The summed E-state index contributed by atoms with van der Waals surface area (Å²) in [6, 6.07) is 14.7. The molecule has 0 saturated heterocycles. The Morgan fingerprint density at radius 3 is 2.47 bits per heavy atom. The van der Waals surface area contributed by atoms with E-state index in [4.69, 9.17) is 11.6 Å². The third-order valence-electron chi connectivity index (χ3n) is 2.90. The molecule has 2 nitrogen and oxygen atoms in total. The SMILES string of the molecule is O=C(O)C(Cc1cccc(Cl)c1)c1ccc(Br)cc1. The van der Waals surface area contributed by atoms with Crippen LogP contribution >= 0.6 is 27.5 Å². The van der Waals surface area contributed by atoms with Gasteiger partial charge in [0.2, 0.25) is 0 Å². The van der Waals surface area contributed by atoms with Crippen LogP contribution in [0.5, 0.6) is 0 Å². The maximum atomic E-state index is 11.4. The van der Waals surface area contributed by atoms with Crippen molar-refractivity contribution >= 4 is 33.5 Å². The number of halogens is 2. The van der Waals surface area contributed by atoms with Gasteiger partial charge in [-0.15, -0.1) is 0 Å². The Hall–Kier alpha value is -1.32. The smallest absolute Gasteiger partial charge is 0.311 e. The van der Waals surface area contributed by atoms with E-state index < -0.39 is 11.9 Å². The Bertz CT molecular complexity index is 581. The molecule has 0 aliphatic rings. The van der Waals surface area contributed by atoms with Crippen molar-refractivity contribution in [3.05, 3.63) is 69.2 Å². The van der Waals surface area contributed by atoms with E-state index in [1.165, 1.54) is 0 Å². The first-order chi connectivity index (χ1) is 9.06. The second kappa shape index (κ2) is 6.22. The first kappa shape index (κ1) is 14.1. The van der Waals surface area contributed by atoms with E-state index in [9.17, 15) is 9.90 Å². The van der Waals surface area contributed by atoms with E-state index in [1.54, 1.807) is 12.1 Å². The van der Waals surface area contributed by atoms with Crippen LogP contribution in [0.2, 0.25) is 5.02 Å². The van der Waals surface area contributed by atoms with Crippen molar-refractivity contribution in [2.24, 2.45) is 0 Å². The van der Waals surface area contributed by atoms with Crippen LogP contribution in [0, 0.1) is 0 Å². The molecule has 1 atom stereocenters. The Kier molecular flexibility index (Phi) is 4.61. The second-order valence-corrected chi connectivity index (χ2v) is 5.63. The average Bonchev–Trinajstić information content (AvgIpc) is 2.37. The van der Waals surface area contributed by atoms with Gasteiger partial charge in [0.15, 0.2) is 0 Å². The molecule has 2 aromatic rings. The van der Waals surface area contributed by atoms with Crippen molar-refractivity contribution in [1.29, 1.82) is 0 Å². The van der Waals surface area contributed by atoms with E-state index in [0.29, 0.717) is 11.4 Å². The van der Waals surface area contributed by atoms with Crippen LogP contribution in [0.4, 0.5) is 0 Å². The van der Waals surface area contributed by atoms with E-state index >= 15 is 0 Å². The normalized spacial score (nSPS) is 12.1. The van der Waals surface area contributed by atoms with Gasteiger partial charge < -0.3 is 5.11 Å². The van der Waals surface area contributed by atoms with Crippen LogP contribution < -0.4 is 0 Å². The van der Waals surface area contributed by atoms with Crippen molar-refractivity contribution in [2.45, 2.75) is 12.3 Å². The van der Waals surface area contributed by atoms with Crippen LogP contribution in [0.3, 0.4) is 0 Å². The van der Waals surface area contributed by atoms with Gasteiger partial charge in [0, 0.05) is 9.50 Å². The summed E-state index contributed by atoms with van der Waals surface area (Å²) in [6.45, 7) is 0. The molecule has 0 aliphatic carbocycles. The number of aliphatic carboxylic acids is 1. The zero-order chi connectivity index (χ0) is 13.8. The standard InChI is InChI=1S/C15H12BrClO2/c16-12-6-4-11(5-7-12)14(15(18)19)9-10-2-1-3-13(17)8-10/h1-8,14H,9H2,(H,18,19). The van der Waals surface area contributed by atoms with Gasteiger partial charge >= 0.3 is 5.97 Å². The summed E-state index contributed by atoms with van der Waals surface area (Å²) in [5.74, 6) is -1.39. The number of hydrogen-bond acceptors (Lipinski definition) is 1. The topological polar surface area (TPSA) is 37.3 Å². The summed E-state index contributed by atoms with van der Waals surface area (Å²) in [4.78, 5) is 11.4. The van der Waals surface area contributed by atoms with E-state index in [1.807, 2.05) is 36.4 Å². The van der Waals surface area contributed by atoms with Gasteiger partial charge in [0.25, 0.3) is 0 Å². The number of hydrogen-bond donors (Lipinski definition) is 1. The van der Waals surface area contributed by atoms with E-state index in [2.05, 4.69) is 15.9 Å². The monoisotopic (exact) mass is 338 g/mol. The zero-order valence-corrected chi connectivity index (χ0v) is 12.4. The number of carbonyl (C=O) groups is 1. The minimum absolute atomic E-state index is 0.428. The van der Waals surface area contributed by atoms with Gasteiger partial charge in [-0.1, -0.05) is 51.8 Å². The summed E-state index contributed by atoms with van der Waals surface area (Å²) < 4.78 is 0.933. The van der Waals surface area contributed by atoms with Crippen LogP contribution in [-0.4, -0.2) is 11.1 Å². The molecule has 0 saturated carbocycles. The second-order valence-electron chi connectivity index (χ2n) is 4.28. The van der Waals surface area contributed by atoms with Crippen molar-refractivity contribution in [3.8, 4) is 0 Å². The average molecular weight is 340 g/mol. The van der Waals surface area contributed by atoms with Gasteiger partial charge in [-0.05, 0) is 41.8 Å². The molecule has 2 aromatic carbocycles. The lowest BCUT2D eigenvalue weighted by Crippen LogP contribution is -2.14. The Morgan fingerprint density at radius 1 is 1.21 bits per heavy atom. The molecule has 0 heterocycles. The Balaban J connectivity index is 2.26. The molecule has 0 amide bonds. The molecule has 98 valence electrons. The minimum atomic E-state index is -0.831. The van der Waals surface area contributed by atoms with Crippen molar-refractivity contribution in [3.63, 3.8) is 0 Å². The van der Waals surface area contributed by atoms with Crippen LogP contribution in [0.1, 0.15) is 17.0 Å². The Morgan fingerprint density at radius 2 is 1.89 bits per heavy atom. The van der Waals surface area contributed by atoms with Gasteiger partial charge in [-0.25, -0.2) is 0 Å². The first-order valence-corrected chi connectivity index (χ1v) is 6.96. The molecule has 1 N–H and O–H groups in total. The van der Waals surface area contributed by atoms with Gasteiger partial charge in [-0.3, -0.25) is 4.79 Å². The van der Waals surface area contributed by atoms with E-state index in [0.717, 1.165) is 15.6 Å². The molecule has 2 rings (SSSR count). The molecule has 0 aromatic heterocycles. The third-order valence-corrected chi connectivity index (χ3v) is 3.66. The highest BCUT2D eigenvalue weighted by atomic mass is 79.9. The summed E-state index contributed by atoms with van der Waals surface area (Å²) >= 11 is 9.26. The van der Waals surface area contributed by atoms with Gasteiger partial charge in [0.1, 0.15) is 0 Å². The third kappa shape index (κ3) is 3.82. The maximum Gasteiger partial charge on any atom is 0.311 e. The largest absolute Gasteiger partial charge is 0.481 e. The number of carboxylic acids is 1. The highest BCUT2D eigenvalue weighted by Gasteiger charge is 2.20. The predicted octanol–water partition coefficient (Wildman–Crippen LogP) is 4.51. The predicted molar refractivity (Wildman–Crippen MR) is 79.7 cm³/mol. The summed E-state index contributed by atoms with van der Waals surface area (Å²) in [7, 11) is 0. The minimum Gasteiger partial charge on any atom is -0.481 e. The molecule has 0 aliphatic heterocycles. The van der Waals surface area contributed by atoms with Crippen molar-refractivity contribution < 1.29 is 9.90 Å². The molecule has 0 spiro atoms. The fourth-order valence-corrected chi connectivity index (χ4v) is 2.42. The highest BCUT2D eigenvalue weighted by molar-refractivity contribution is 9.10. The lowest BCUT2D eigenvalue weighted by Gasteiger charge is -2.13. The highest BCUT2D eigenvalue weighted by Crippen LogP contribution is 2.24. The van der Waals surface area contributed by atoms with Gasteiger partial charge in [0.05, 0.1) is 5.92 Å². The van der Waals surface area contributed by atoms with Gasteiger partial charge in [-0.2, -0.15) is 0 Å². The number of rotatable bonds is 4. The zero-order valence-electron chi connectivity index (χ0n) is 10.0. The molecular formula is C15H12BrClO2.